The van der Waals surface area contributed by atoms with Crippen LogP contribution in [0.1, 0.15) is 25.3 Å². The van der Waals surface area contributed by atoms with Crippen molar-refractivity contribution in [2.75, 3.05) is 20.3 Å². The first-order chi connectivity index (χ1) is 11.5. The van der Waals surface area contributed by atoms with Crippen LogP contribution < -0.4 is 4.74 Å². The first-order valence-electron chi connectivity index (χ1n) is 7.60. The largest absolute Gasteiger partial charge is 0.497 e. The number of thioether (sulfide) groups is 1. The lowest BCUT2D eigenvalue weighted by atomic mass is 10.2. The zero-order valence-corrected chi connectivity index (χ0v) is 14.4. The third-order valence-corrected chi connectivity index (χ3v) is 4.22. The first-order valence-corrected chi connectivity index (χ1v) is 8.42. The summed E-state index contributed by atoms with van der Waals surface area (Å²) in [6, 6.07) is 7.14. The van der Waals surface area contributed by atoms with E-state index < -0.39 is 17.1 Å². The summed E-state index contributed by atoms with van der Waals surface area (Å²) in [4.78, 5) is 37.2. The fourth-order valence-corrected chi connectivity index (χ4v) is 2.86. The number of ether oxygens (including phenoxy) is 2. The van der Waals surface area contributed by atoms with Gasteiger partial charge in [0.1, 0.15) is 12.3 Å². The van der Waals surface area contributed by atoms with Gasteiger partial charge in [0, 0.05) is 0 Å². The number of amides is 2. The number of imide groups is 1. The van der Waals surface area contributed by atoms with Crippen LogP contribution in [0.3, 0.4) is 0 Å². The van der Waals surface area contributed by atoms with E-state index in [1.165, 1.54) is 0 Å². The van der Waals surface area contributed by atoms with Gasteiger partial charge in [-0.1, -0.05) is 25.5 Å². The highest BCUT2D eigenvalue weighted by atomic mass is 32.2. The standard InChI is InChI=1S/C17H19NO5S/c1-3-4-8-23-15(19)11-18-16(20)14(24-17(18)21)10-12-6-5-7-13(9-12)22-2/h5-7,9-10H,3-4,8,11H2,1-2H3/b14-10+. The summed E-state index contributed by atoms with van der Waals surface area (Å²) in [6.45, 7) is 1.92. The van der Waals surface area contributed by atoms with Crippen molar-refractivity contribution in [2.45, 2.75) is 19.8 Å². The summed E-state index contributed by atoms with van der Waals surface area (Å²) in [6.07, 6.45) is 3.26. The van der Waals surface area contributed by atoms with Crippen LogP contribution in [-0.4, -0.2) is 42.3 Å². The van der Waals surface area contributed by atoms with Crippen molar-refractivity contribution in [3.8, 4) is 5.75 Å². The van der Waals surface area contributed by atoms with E-state index in [1.54, 1.807) is 37.5 Å². The van der Waals surface area contributed by atoms with Gasteiger partial charge in [-0.2, -0.15) is 0 Å². The molecule has 1 aromatic carbocycles. The van der Waals surface area contributed by atoms with Crippen LogP contribution in [0.5, 0.6) is 5.75 Å². The third-order valence-electron chi connectivity index (χ3n) is 3.31. The second kappa shape index (κ2) is 8.54. The molecule has 0 atom stereocenters. The average Bonchev–Trinajstić information content (AvgIpc) is 2.83. The summed E-state index contributed by atoms with van der Waals surface area (Å²) < 4.78 is 10.1. The minimum absolute atomic E-state index is 0.273. The number of benzene rings is 1. The number of hydrogen-bond donors (Lipinski definition) is 0. The molecule has 1 aliphatic heterocycles. The summed E-state index contributed by atoms with van der Waals surface area (Å²) in [5.74, 6) is -0.406. The highest BCUT2D eigenvalue weighted by molar-refractivity contribution is 8.18. The van der Waals surface area contributed by atoms with E-state index in [2.05, 4.69) is 0 Å². The van der Waals surface area contributed by atoms with Gasteiger partial charge in [0.05, 0.1) is 18.6 Å². The SMILES string of the molecule is CCCCOC(=O)CN1C(=O)S/C(=C/c2cccc(OC)c2)C1=O. The van der Waals surface area contributed by atoms with Gasteiger partial charge >= 0.3 is 5.97 Å². The number of carbonyl (C=O) groups is 3. The molecule has 6 nitrogen and oxygen atoms in total. The highest BCUT2D eigenvalue weighted by Gasteiger charge is 2.36. The number of unbranched alkanes of at least 4 members (excludes halogenated alkanes) is 1. The zero-order chi connectivity index (χ0) is 17.5. The number of esters is 1. The number of nitrogens with zero attached hydrogens (tertiary/aromatic N) is 1. The molecule has 24 heavy (non-hydrogen) atoms. The van der Waals surface area contributed by atoms with Gasteiger partial charge in [0.2, 0.25) is 0 Å². The van der Waals surface area contributed by atoms with Crippen molar-refractivity contribution in [3.05, 3.63) is 34.7 Å². The Morgan fingerprint density at radius 1 is 1.33 bits per heavy atom. The van der Waals surface area contributed by atoms with Crippen LogP contribution in [0.15, 0.2) is 29.2 Å². The van der Waals surface area contributed by atoms with Gasteiger partial charge < -0.3 is 9.47 Å². The van der Waals surface area contributed by atoms with Crippen molar-refractivity contribution < 1.29 is 23.9 Å². The van der Waals surface area contributed by atoms with E-state index in [0.29, 0.717) is 12.4 Å². The molecule has 0 aliphatic carbocycles. The number of rotatable bonds is 7. The molecule has 0 radical (unpaired) electrons. The van der Waals surface area contributed by atoms with Gasteiger partial charge in [0.25, 0.3) is 11.1 Å². The van der Waals surface area contributed by atoms with Crippen molar-refractivity contribution >= 4 is 35.0 Å². The van der Waals surface area contributed by atoms with Crippen LogP contribution in [0, 0.1) is 0 Å². The molecule has 1 fully saturated rings. The predicted octanol–water partition coefficient (Wildman–Crippen LogP) is 3.07. The fourth-order valence-electron chi connectivity index (χ4n) is 2.02. The Hall–Kier alpha value is -2.28. The zero-order valence-electron chi connectivity index (χ0n) is 13.6. The van der Waals surface area contributed by atoms with Crippen LogP contribution in [0.4, 0.5) is 4.79 Å². The smallest absolute Gasteiger partial charge is 0.326 e. The Labute approximate surface area is 144 Å². The van der Waals surface area contributed by atoms with Gasteiger partial charge in [-0.15, -0.1) is 0 Å². The molecular weight excluding hydrogens is 330 g/mol. The Morgan fingerprint density at radius 2 is 2.12 bits per heavy atom. The van der Waals surface area contributed by atoms with E-state index >= 15 is 0 Å². The molecule has 1 heterocycles. The summed E-state index contributed by atoms with van der Waals surface area (Å²) in [7, 11) is 1.55. The molecule has 2 amide bonds. The van der Waals surface area contributed by atoms with Gasteiger partial charge in [0.15, 0.2) is 0 Å². The minimum atomic E-state index is -0.576. The molecule has 0 spiro atoms. The predicted molar refractivity (Wildman–Crippen MR) is 91.5 cm³/mol. The third kappa shape index (κ3) is 4.61. The lowest BCUT2D eigenvalue weighted by molar-refractivity contribution is -0.146. The maximum absolute atomic E-state index is 12.3. The molecular formula is C17H19NO5S. The van der Waals surface area contributed by atoms with Crippen LogP contribution in [0.2, 0.25) is 0 Å². The normalized spacial score (nSPS) is 15.9. The summed E-state index contributed by atoms with van der Waals surface area (Å²) >= 11 is 0.810. The quantitative estimate of drug-likeness (QED) is 0.428. The molecule has 1 saturated heterocycles. The Balaban J connectivity index is 2.05. The molecule has 1 aromatic rings. The Bertz CT molecular complexity index is 671. The van der Waals surface area contributed by atoms with Crippen LogP contribution in [0.25, 0.3) is 6.08 Å². The van der Waals surface area contributed by atoms with E-state index in [4.69, 9.17) is 9.47 Å². The van der Waals surface area contributed by atoms with Gasteiger partial charge in [-0.3, -0.25) is 19.3 Å². The molecule has 0 bridgehead atoms. The Morgan fingerprint density at radius 3 is 2.83 bits per heavy atom. The lowest BCUT2D eigenvalue weighted by Crippen LogP contribution is -2.34. The second-order valence-corrected chi connectivity index (χ2v) is 6.11. The first kappa shape index (κ1) is 18.1. The fraction of sp³-hybridized carbons (Fsp3) is 0.353. The van der Waals surface area contributed by atoms with Gasteiger partial charge in [-0.05, 0) is 42.0 Å². The van der Waals surface area contributed by atoms with E-state index in [0.717, 1.165) is 35.1 Å². The number of carbonyl (C=O) groups excluding carboxylic acids is 3. The summed E-state index contributed by atoms with van der Waals surface area (Å²) in [5.41, 5.74) is 0.741. The van der Waals surface area contributed by atoms with E-state index in [1.807, 2.05) is 6.92 Å². The lowest BCUT2D eigenvalue weighted by Gasteiger charge is -2.11. The molecule has 2 rings (SSSR count). The van der Waals surface area contributed by atoms with Crippen LogP contribution >= 0.6 is 11.8 Å². The van der Waals surface area contributed by atoms with Crippen molar-refractivity contribution in [2.24, 2.45) is 0 Å². The van der Waals surface area contributed by atoms with Crippen molar-refractivity contribution in [1.29, 1.82) is 0 Å². The van der Waals surface area contributed by atoms with E-state index in [9.17, 15) is 14.4 Å². The van der Waals surface area contributed by atoms with Gasteiger partial charge in [-0.25, -0.2) is 0 Å². The molecule has 7 heteroatoms. The molecule has 0 N–H and O–H groups in total. The molecule has 0 saturated carbocycles. The number of hydrogen-bond acceptors (Lipinski definition) is 6. The molecule has 1 aliphatic rings. The van der Waals surface area contributed by atoms with Crippen molar-refractivity contribution in [1.82, 2.24) is 4.90 Å². The molecule has 128 valence electrons. The summed E-state index contributed by atoms with van der Waals surface area (Å²) in [5, 5.41) is -0.471. The average molecular weight is 349 g/mol. The minimum Gasteiger partial charge on any atom is -0.497 e. The second-order valence-electron chi connectivity index (χ2n) is 5.12. The molecule has 0 unspecified atom stereocenters. The maximum atomic E-state index is 12.3. The monoisotopic (exact) mass is 349 g/mol. The van der Waals surface area contributed by atoms with E-state index in [-0.39, 0.29) is 11.4 Å². The van der Waals surface area contributed by atoms with Crippen molar-refractivity contribution in [3.63, 3.8) is 0 Å². The topological polar surface area (TPSA) is 72.9 Å². The Kier molecular flexibility index (Phi) is 6.43. The molecule has 0 aromatic heterocycles. The van der Waals surface area contributed by atoms with Crippen LogP contribution in [-0.2, 0) is 14.3 Å². The number of methoxy groups -OCH3 is 1. The highest BCUT2D eigenvalue weighted by Crippen LogP contribution is 2.32. The maximum Gasteiger partial charge on any atom is 0.326 e.